The van der Waals surface area contributed by atoms with Crippen molar-refractivity contribution >= 4 is 15.9 Å². The van der Waals surface area contributed by atoms with Crippen LogP contribution in [-0.4, -0.2) is 21.9 Å². The molecule has 5 nitrogen and oxygen atoms in total. The minimum Gasteiger partial charge on any atom is -0.394 e. The number of aliphatic hydroxyl groups is 1. The van der Waals surface area contributed by atoms with Gasteiger partial charge >= 0.3 is 0 Å². The van der Waals surface area contributed by atoms with Gasteiger partial charge in [0.15, 0.2) is 0 Å². The van der Waals surface area contributed by atoms with Crippen LogP contribution in [0, 0.1) is 6.92 Å². The topological polar surface area (TPSA) is 85.2 Å². The van der Waals surface area contributed by atoms with Crippen LogP contribution in [-0.2, 0) is 0 Å². The molecule has 0 fully saturated rings. The molecule has 1 aromatic carbocycles. The fourth-order valence-corrected chi connectivity index (χ4v) is 2.05. The number of hydrogen-bond donors (Lipinski definition) is 2. The lowest BCUT2D eigenvalue weighted by Gasteiger charge is -2.00. The first-order chi connectivity index (χ1) is 8.11. The van der Waals surface area contributed by atoms with E-state index in [1.165, 1.54) is 0 Å². The lowest BCUT2D eigenvalue weighted by atomic mass is 10.1. The molecule has 2 aromatic rings. The summed E-state index contributed by atoms with van der Waals surface area (Å²) < 4.78 is 5.88. The molecule has 0 aliphatic rings. The Bertz CT molecular complexity index is 527. The van der Waals surface area contributed by atoms with Crippen LogP contribution in [0.1, 0.15) is 17.5 Å². The molecule has 17 heavy (non-hydrogen) atoms. The predicted octanol–water partition coefficient (Wildman–Crippen LogP) is 1.80. The van der Waals surface area contributed by atoms with Gasteiger partial charge in [-0.1, -0.05) is 27.2 Å². The van der Waals surface area contributed by atoms with Gasteiger partial charge in [0.1, 0.15) is 6.04 Å². The number of nitrogens with zero attached hydrogens (tertiary/aromatic N) is 2. The molecule has 1 aromatic heterocycles. The molecule has 1 atom stereocenters. The fourth-order valence-electron chi connectivity index (χ4n) is 1.37. The van der Waals surface area contributed by atoms with Gasteiger partial charge in [-0.15, -0.1) is 0 Å². The number of aliphatic hydroxyl groups excluding tert-OH is 1. The Morgan fingerprint density at radius 3 is 2.94 bits per heavy atom. The van der Waals surface area contributed by atoms with Gasteiger partial charge in [0.2, 0.25) is 11.7 Å². The molecule has 0 aliphatic heterocycles. The van der Waals surface area contributed by atoms with Gasteiger partial charge in [-0.2, -0.15) is 4.98 Å². The molecule has 0 aliphatic carbocycles. The highest BCUT2D eigenvalue weighted by molar-refractivity contribution is 9.10. The quantitative estimate of drug-likeness (QED) is 0.902. The Hall–Kier alpha value is -1.24. The SMILES string of the molecule is Cc1ccc(-c2noc(C(N)CO)n2)c(Br)c1. The van der Waals surface area contributed by atoms with Gasteiger partial charge in [-0.05, 0) is 24.6 Å². The van der Waals surface area contributed by atoms with Crippen molar-refractivity contribution < 1.29 is 9.63 Å². The second-order valence-corrected chi connectivity index (χ2v) is 4.58. The molecule has 1 unspecified atom stereocenters. The van der Waals surface area contributed by atoms with E-state index in [-0.39, 0.29) is 12.5 Å². The van der Waals surface area contributed by atoms with Crippen LogP contribution in [0.4, 0.5) is 0 Å². The summed E-state index contributed by atoms with van der Waals surface area (Å²) >= 11 is 3.44. The first-order valence-corrected chi connectivity index (χ1v) is 5.87. The standard InChI is InChI=1S/C11H12BrN3O2/c1-6-2-3-7(8(12)4-6)10-14-11(17-15-10)9(13)5-16/h2-4,9,16H,5,13H2,1H3. The zero-order valence-corrected chi connectivity index (χ0v) is 10.8. The lowest BCUT2D eigenvalue weighted by molar-refractivity contribution is 0.237. The van der Waals surface area contributed by atoms with Crippen LogP contribution in [0.25, 0.3) is 11.4 Å². The molecule has 0 spiro atoms. The molecule has 0 saturated carbocycles. The Kier molecular flexibility index (Phi) is 3.56. The van der Waals surface area contributed by atoms with E-state index in [4.69, 9.17) is 15.4 Å². The van der Waals surface area contributed by atoms with Crippen molar-refractivity contribution in [2.75, 3.05) is 6.61 Å². The molecule has 0 radical (unpaired) electrons. The summed E-state index contributed by atoms with van der Waals surface area (Å²) in [5.41, 5.74) is 7.55. The number of nitrogens with two attached hydrogens (primary N) is 1. The molecule has 2 rings (SSSR count). The van der Waals surface area contributed by atoms with E-state index in [2.05, 4.69) is 26.1 Å². The molecule has 0 saturated heterocycles. The summed E-state index contributed by atoms with van der Waals surface area (Å²) in [6.07, 6.45) is 0. The van der Waals surface area contributed by atoms with E-state index in [1.807, 2.05) is 25.1 Å². The smallest absolute Gasteiger partial charge is 0.246 e. The fraction of sp³-hybridized carbons (Fsp3) is 0.273. The van der Waals surface area contributed by atoms with Gasteiger partial charge in [-0.3, -0.25) is 0 Å². The number of halogens is 1. The third-order valence-electron chi connectivity index (χ3n) is 2.32. The van der Waals surface area contributed by atoms with Crippen LogP contribution in [0.15, 0.2) is 27.2 Å². The number of aromatic nitrogens is 2. The first kappa shape index (κ1) is 12.2. The van der Waals surface area contributed by atoms with Crippen molar-refractivity contribution in [3.05, 3.63) is 34.1 Å². The molecular weight excluding hydrogens is 286 g/mol. The minimum absolute atomic E-state index is 0.225. The maximum Gasteiger partial charge on any atom is 0.246 e. The van der Waals surface area contributed by atoms with E-state index < -0.39 is 6.04 Å². The minimum atomic E-state index is -0.638. The molecule has 0 bridgehead atoms. The predicted molar refractivity (Wildman–Crippen MR) is 66.2 cm³/mol. The summed E-state index contributed by atoms with van der Waals surface area (Å²) in [5, 5.41) is 12.7. The van der Waals surface area contributed by atoms with Crippen LogP contribution in [0.2, 0.25) is 0 Å². The number of rotatable bonds is 3. The van der Waals surface area contributed by atoms with Crippen molar-refractivity contribution in [2.24, 2.45) is 5.73 Å². The largest absolute Gasteiger partial charge is 0.394 e. The van der Waals surface area contributed by atoms with E-state index in [1.54, 1.807) is 0 Å². The third-order valence-corrected chi connectivity index (χ3v) is 2.98. The monoisotopic (exact) mass is 297 g/mol. The van der Waals surface area contributed by atoms with Gasteiger partial charge in [-0.25, -0.2) is 0 Å². The molecule has 1 heterocycles. The van der Waals surface area contributed by atoms with Crippen molar-refractivity contribution in [2.45, 2.75) is 13.0 Å². The van der Waals surface area contributed by atoms with E-state index >= 15 is 0 Å². The van der Waals surface area contributed by atoms with Gasteiger partial charge < -0.3 is 15.4 Å². The average Bonchev–Trinajstić information content (AvgIpc) is 2.77. The molecule has 90 valence electrons. The highest BCUT2D eigenvalue weighted by Crippen LogP contribution is 2.27. The number of hydrogen-bond acceptors (Lipinski definition) is 5. The normalized spacial score (nSPS) is 12.7. The van der Waals surface area contributed by atoms with Crippen LogP contribution in [0.3, 0.4) is 0 Å². The summed E-state index contributed by atoms with van der Waals surface area (Å²) in [6, 6.07) is 5.19. The van der Waals surface area contributed by atoms with Crippen molar-refractivity contribution in [1.82, 2.24) is 10.1 Å². The molecular formula is C11H12BrN3O2. The zero-order chi connectivity index (χ0) is 12.4. The second-order valence-electron chi connectivity index (χ2n) is 3.73. The Morgan fingerprint density at radius 2 is 2.29 bits per heavy atom. The average molecular weight is 298 g/mol. The molecule has 6 heteroatoms. The van der Waals surface area contributed by atoms with Crippen LogP contribution >= 0.6 is 15.9 Å². The zero-order valence-electron chi connectivity index (χ0n) is 9.22. The van der Waals surface area contributed by atoms with Gasteiger partial charge in [0.25, 0.3) is 0 Å². The second kappa shape index (κ2) is 4.95. The summed E-state index contributed by atoms with van der Waals surface area (Å²) in [6.45, 7) is 1.77. The highest BCUT2D eigenvalue weighted by Gasteiger charge is 2.16. The van der Waals surface area contributed by atoms with E-state index in [9.17, 15) is 0 Å². The maximum absolute atomic E-state index is 8.90. The third kappa shape index (κ3) is 2.54. The Labute approximate surface area is 107 Å². The van der Waals surface area contributed by atoms with Crippen molar-refractivity contribution in [3.63, 3.8) is 0 Å². The Morgan fingerprint density at radius 1 is 1.53 bits per heavy atom. The van der Waals surface area contributed by atoms with Crippen LogP contribution < -0.4 is 5.73 Å². The summed E-state index contributed by atoms with van der Waals surface area (Å²) in [7, 11) is 0. The summed E-state index contributed by atoms with van der Waals surface area (Å²) in [4.78, 5) is 4.15. The van der Waals surface area contributed by atoms with Crippen LogP contribution in [0.5, 0.6) is 0 Å². The summed E-state index contributed by atoms with van der Waals surface area (Å²) in [5.74, 6) is 0.686. The number of benzene rings is 1. The van der Waals surface area contributed by atoms with Crippen molar-refractivity contribution in [1.29, 1.82) is 0 Å². The highest BCUT2D eigenvalue weighted by atomic mass is 79.9. The van der Waals surface area contributed by atoms with Gasteiger partial charge in [0.05, 0.1) is 6.61 Å². The Balaban J connectivity index is 2.37. The maximum atomic E-state index is 8.90. The number of aryl methyl sites for hydroxylation is 1. The van der Waals surface area contributed by atoms with Gasteiger partial charge in [0, 0.05) is 10.0 Å². The lowest BCUT2D eigenvalue weighted by Crippen LogP contribution is -2.14. The van der Waals surface area contributed by atoms with Crippen molar-refractivity contribution in [3.8, 4) is 11.4 Å². The molecule has 3 N–H and O–H groups in total. The van der Waals surface area contributed by atoms with E-state index in [0.717, 1.165) is 15.6 Å². The van der Waals surface area contributed by atoms with E-state index in [0.29, 0.717) is 5.82 Å². The first-order valence-electron chi connectivity index (χ1n) is 5.08. The molecule has 0 amide bonds.